The molecule has 160 valence electrons. The van der Waals surface area contributed by atoms with E-state index in [1.54, 1.807) is 0 Å². The van der Waals surface area contributed by atoms with E-state index in [1.807, 2.05) is 0 Å². The molecule has 0 N–H and O–H groups in total. The summed E-state index contributed by atoms with van der Waals surface area (Å²) >= 11 is 0. The van der Waals surface area contributed by atoms with Crippen LogP contribution in [0.25, 0.3) is 0 Å². The highest BCUT2D eigenvalue weighted by Crippen LogP contribution is 2.37. The SMILES string of the molecule is COc1cc(C(=O)N2CC(Oc3ncccc3C(F)(F)F)C2)c([N+](=O)[O-])cc1OC. The van der Waals surface area contributed by atoms with Crippen LogP contribution < -0.4 is 14.2 Å². The third-order valence-corrected chi connectivity index (χ3v) is 4.42. The molecule has 0 aliphatic carbocycles. The van der Waals surface area contributed by atoms with Crippen molar-refractivity contribution in [2.24, 2.45) is 0 Å². The standard InChI is InChI=1S/C18H16F3N3O6/c1-28-14-6-11(13(24(26)27)7-15(14)29-2)17(25)23-8-10(9-23)30-16-12(18(19,20)21)4-3-5-22-16/h3-7,10H,8-9H2,1-2H3. The van der Waals surface area contributed by atoms with Crippen LogP contribution in [0.2, 0.25) is 0 Å². The van der Waals surface area contributed by atoms with Gasteiger partial charge in [-0.15, -0.1) is 0 Å². The lowest BCUT2D eigenvalue weighted by Crippen LogP contribution is -2.56. The number of benzene rings is 1. The van der Waals surface area contributed by atoms with Crippen LogP contribution in [0, 0.1) is 10.1 Å². The van der Waals surface area contributed by atoms with Gasteiger partial charge in [-0.3, -0.25) is 14.9 Å². The Morgan fingerprint density at radius 2 is 1.87 bits per heavy atom. The molecule has 2 heterocycles. The average Bonchev–Trinajstić information content (AvgIpc) is 2.68. The smallest absolute Gasteiger partial charge is 0.421 e. The molecule has 30 heavy (non-hydrogen) atoms. The Kier molecular flexibility index (Phi) is 5.67. The van der Waals surface area contributed by atoms with E-state index < -0.39 is 40.2 Å². The summed E-state index contributed by atoms with van der Waals surface area (Å²) in [6, 6.07) is 4.25. The van der Waals surface area contributed by atoms with E-state index >= 15 is 0 Å². The number of pyridine rings is 1. The minimum atomic E-state index is -4.64. The van der Waals surface area contributed by atoms with Gasteiger partial charge in [-0.1, -0.05) is 0 Å². The zero-order chi connectivity index (χ0) is 22.1. The molecule has 1 aliphatic rings. The molecule has 1 aromatic heterocycles. The number of halogens is 3. The second kappa shape index (κ2) is 8.05. The van der Waals surface area contributed by atoms with Gasteiger partial charge in [0.05, 0.1) is 38.3 Å². The number of hydrogen-bond donors (Lipinski definition) is 0. The van der Waals surface area contributed by atoms with Crippen LogP contribution in [0.15, 0.2) is 30.5 Å². The van der Waals surface area contributed by atoms with Crippen LogP contribution >= 0.6 is 0 Å². The van der Waals surface area contributed by atoms with Crippen LogP contribution in [-0.2, 0) is 6.18 Å². The minimum absolute atomic E-state index is 0.0573. The van der Waals surface area contributed by atoms with Gasteiger partial charge < -0.3 is 19.1 Å². The van der Waals surface area contributed by atoms with E-state index in [1.165, 1.54) is 31.4 Å². The van der Waals surface area contributed by atoms with E-state index in [-0.39, 0.29) is 30.2 Å². The highest BCUT2D eigenvalue weighted by molar-refractivity contribution is 5.99. The van der Waals surface area contributed by atoms with Crippen LogP contribution in [0.4, 0.5) is 18.9 Å². The van der Waals surface area contributed by atoms with Crippen molar-refractivity contribution in [2.45, 2.75) is 12.3 Å². The third-order valence-electron chi connectivity index (χ3n) is 4.42. The second-order valence-electron chi connectivity index (χ2n) is 6.29. The summed E-state index contributed by atoms with van der Waals surface area (Å²) in [5, 5.41) is 11.4. The Bertz CT molecular complexity index is 976. The van der Waals surface area contributed by atoms with E-state index in [4.69, 9.17) is 14.2 Å². The first kappa shape index (κ1) is 21.1. The molecule has 1 aromatic carbocycles. The maximum atomic E-state index is 13.0. The lowest BCUT2D eigenvalue weighted by molar-refractivity contribution is -0.385. The highest BCUT2D eigenvalue weighted by atomic mass is 19.4. The molecule has 0 atom stereocenters. The molecule has 1 aliphatic heterocycles. The highest BCUT2D eigenvalue weighted by Gasteiger charge is 2.40. The van der Waals surface area contributed by atoms with E-state index in [2.05, 4.69) is 4.98 Å². The number of hydrogen-bond acceptors (Lipinski definition) is 7. The molecule has 0 bridgehead atoms. The summed E-state index contributed by atoms with van der Waals surface area (Å²) in [6.45, 7) is -0.115. The average molecular weight is 427 g/mol. The number of nitro benzene ring substituents is 1. The van der Waals surface area contributed by atoms with Crippen molar-refractivity contribution in [3.05, 3.63) is 51.7 Å². The zero-order valence-corrected chi connectivity index (χ0v) is 15.8. The number of likely N-dealkylation sites (tertiary alicyclic amines) is 1. The lowest BCUT2D eigenvalue weighted by atomic mass is 10.1. The fourth-order valence-electron chi connectivity index (χ4n) is 2.90. The number of rotatable bonds is 6. The largest absolute Gasteiger partial charge is 0.493 e. The van der Waals surface area contributed by atoms with Crippen LogP contribution in [0.3, 0.4) is 0 Å². The molecule has 1 fully saturated rings. The molecule has 9 nitrogen and oxygen atoms in total. The summed E-state index contributed by atoms with van der Waals surface area (Å²) < 4.78 is 54.5. The van der Waals surface area contributed by atoms with E-state index in [0.29, 0.717) is 0 Å². The number of methoxy groups -OCH3 is 2. The molecular weight excluding hydrogens is 411 g/mol. The Morgan fingerprint density at radius 3 is 2.43 bits per heavy atom. The first-order chi connectivity index (χ1) is 14.2. The predicted molar refractivity (Wildman–Crippen MR) is 95.8 cm³/mol. The van der Waals surface area contributed by atoms with Crippen LogP contribution in [0.1, 0.15) is 15.9 Å². The number of ether oxygens (including phenoxy) is 3. The van der Waals surface area contributed by atoms with Crippen molar-refractivity contribution in [1.82, 2.24) is 9.88 Å². The first-order valence-electron chi connectivity index (χ1n) is 8.54. The molecule has 3 rings (SSSR count). The van der Waals surface area contributed by atoms with E-state index in [9.17, 15) is 28.1 Å². The first-order valence-corrected chi connectivity index (χ1v) is 8.54. The topological polar surface area (TPSA) is 104 Å². The summed E-state index contributed by atoms with van der Waals surface area (Å²) in [7, 11) is 2.61. The molecule has 0 unspecified atom stereocenters. The van der Waals surface area contributed by atoms with Gasteiger partial charge in [-0.25, -0.2) is 4.98 Å². The maximum Gasteiger partial charge on any atom is 0.421 e. The van der Waals surface area contributed by atoms with Gasteiger partial charge in [0.15, 0.2) is 11.5 Å². The molecule has 1 saturated heterocycles. The minimum Gasteiger partial charge on any atom is -0.493 e. The fraction of sp³-hybridized carbons (Fsp3) is 0.333. The number of carbonyl (C=O) groups excluding carboxylic acids is 1. The monoisotopic (exact) mass is 427 g/mol. The molecule has 0 saturated carbocycles. The quantitative estimate of drug-likeness (QED) is 0.516. The van der Waals surface area contributed by atoms with Gasteiger partial charge in [0.25, 0.3) is 11.6 Å². The Hall–Kier alpha value is -3.57. The van der Waals surface area contributed by atoms with E-state index in [0.717, 1.165) is 18.2 Å². The predicted octanol–water partition coefficient (Wildman–Crippen LogP) is 2.93. The van der Waals surface area contributed by atoms with Crippen LogP contribution in [0.5, 0.6) is 17.4 Å². The van der Waals surface area contributed by atoms with Gasteiger partial charge in [0.2, 0.25) is 5.88 Å². The van der Waals surface area contributed by atoms with Gasteiger partial charge in [0.1, 0.15) is 17.2 Å². The van der Waals surface area contributed by atoms with Gasteiger partial charge >= 0.3 is 6.18 Å². The Labute approximate surface area is 168 Å². The van der Waals surface area contributed by atoms with Crippen molar-refractivity contribution in [3.8, 4) is 17.4 Å². The summed E-state index contributed by atoms with van der Waals surface area (Å²) in [6.07, 6.45) is -4.20. The van der Waals surface area contributed by atoms with Crippen LogP contribution in [-0.4, -0.2) is 54.1 Å². The molecular formula is C18H16F3N3O6. The number of amides is 1. The number of carbonyl (C=O) groups is 1. The van der Waals surface area contributed by atoms with Crippen molar-refractivity contribution >= 4 is 11.6 Å². The summed E-state index contributed by atoms with van der Waals surface area (Å²) in [5.41, 5.74) is -1.73. The molecule has 0 spiro atoms. The van der Waals surface area contributed by atoms with Crippen molar-refractivity contribution < 1.29 is 37.1 Å². The molecule has 12 heteroatoms. The van der Waals surface area contributed by atoms with Gasteiger partial charge in [0, 0.05) is 12.3 Å². The van der Waals surface area contributed by atoms with Gasteiger partial charge in [-0.05, 0) is 12.1 Å². The summed E-state index contributed by atoms with van der Waals surface area (Å²) in [5.74, 6) is -1.05. The number of nitro groups is 1. The van der Waals surface area contributed by atoms with Gasteiger partial charge in [-0.2, -0.15) is 13.2 Å². The number of alkyl halides is 3. The second-order valence-corrected chi connectivity index (χ2v) is 6.29. The Balaban J connectivity index is 1.76. The molecule has 0 radical (unpaired) electrons. The number of aromatic nitrogens is 1. The molecule has 1 amide bonds. The number of nitrogens with zero attached hydrogens (tertiary/aromatic N) is 3. The zero-order valence-electron chi connectivity index (χ0n) is 15.8. The third kappa shape index (κ3) is 4.07. The van der Waals surface area contributed by atoms with Crippen molar-refractivity contribution in [2.75, 3.05) is 27.3 Å². The lowest BCUT2D eigenvalue weighted by Gasteiger charge is -2.38. The normalized spacial score (nSPS) is 14.1. The molecule has 2 aromatic rings. The van der Waals surface area contributed by atoms with Crippen molar-refractivity contribution in [1.29, 1.82) is 0 Å². The maximum absolute atomic E-state index is 13.0. The fourth-order valence-corrected chi connectivity index (χ4v) is 2.90. The Morgan fingerprint density at radius 1 is 1.23 bits per heavy atom. The van der Waals surface area contributed by atoms with Crippen molar-refractivity contribution in [3.63, 3.8) is 0 Å². The summed E-state index contributed by atoms with van der Waals surface area (Å²) in [4.78, 5) is 28.2.